The predicted molar refractivity (Wildman–Crippen MR) is 226 cm³/mol. The number of nitrogens with one attached hydrogen (secondary N) is 3. The summed E-state index contributed by atoms with van der Waals surface area (Å²) in [6.07, 6.45) is 0. The Balaban J connectivity index is 0.000000223. The first-order chi connectivity index (χ1) is 30.4. The van der Waals surface area contributed by atoms with Crippen molar-refractivity contribution >= 4 is 33.3 Å². The summed E-state index contributed by atoms with van der Waals surface area (Å²) in [5, 5.41) is 19.0. The molecule has 3 heterocycles. The van der Waals surface area contributed by atoms with Gasteiger partial charge in [-0.25, -0.2) is 17.9 Å². The second kappa shape index (κ2) is 20.1. The van der Waals surface area contributed by atoms with Crippen LogP contribution in [-0.4, -0.2) is 43.8 Å². The molecule has 0 saturated carbocycles. The van der Waals surface area contributed by atoms with E-state index in [1.54, 1.807) is 38.1 Å². The maximum atomic E-state index is 12.6. The summed E-state index contributed by atoms with van der Waals surface area (Å²) in [4.78, 5) is 23.3. The number of anilines is 2. The number of aromatic nitrogens is 1. The average Bonchev–Trinajstić information content (AvgIpc) is 3.94. The lowest BCUT2D eigenvalue weighted by Crippen LogP contribution is -2.31. The molecular formula is C45H40F4N4O10S. The van der Waals surface area contributed by atoms with Crippen LogP contribution in [-0.2, 0) is 23.1 Å². The van der Waals surface area contributed by atoms with Crippen LogP contribution in [0.25, 0.3) is 22.3 Å². The van der Waals surface area contributed by atoms with Gasteiger partial charge < -0.3 is 38.6 Å². The van der Waals surface area contributed by atoms with Crippen LogP contribution in [0.3, 0.4) is 0 Å². The summed E-state index contributed by atoms with van der Waals surface area (Å²) < 4.78 is 100. The lowest BCUT2D eigenvalue weighted by molar-refractivity contribution is -0.0505. The van der Waals surface area contributed by atoms with Gasteiger partial charge >= 0.3 is 25.1 Å². The van der Waals surface area contributed by atoms with Gasteiger partial charge in [-0.15, -0.1) is 0 Å². The largest absolute Gasteiger partial charge is 0.475 e. The number of alkyl halides is 4. The van der Waals surface area contributed by atoms with E-state index in [2.05, 4.69) is 25.3 Å². The molecule has 64 heavy (non-hydrogen) atoms. The first kappa shape index (κ1) is 46.0. The molecule has 0 unspecified atom stereocenters. The molecule has 0 atom stereocenters. The third-order valence-corrected chi connectivity index (χ3v) is 11.1. The highest BCUT2D eigenvalue weighted by Crippen LogP contribution is 2.28. The third kappa shape index (κ3) is 11.9. The monoisotopic (exact) mass is 904 g/mol. The summed E-state index contributed by atoms with van der Waals surface area (Å²) in [5.74, 6) is -0.967. The van der Waals surface area contributed by atoms with E-state index in [4.69, 9.17) is 18.5 Å². The molecule has 0 bridgehead atoms. The zero-order valence-corrected chi connectivity index (χ0v) is 35.3. The number of furan rings is 2. The molecule has 14 nitrogen and oxygen atoms in total. The minimum Gasteiger partial charge on any atom is -0.475 e. The first-order valence-corrected chi connectivity index (χ1v) is 20.6. The Hall–Kier alpha value is -7.54. The maximum Gasteiger partial charge on any atom is 0.387 e. The Bertz CT molecular complexity index is 2790. The Morgan fingerprint density at radius 1 is 0.625 bits per heavy atom. The highest BCUT2D eigenvalue weighted by molar-refractivity contribution is 7.90. The lowest BCUT2D eigenvalue weighted by Gasteiger charge is -2.08. The number of ether oxygens (including phenoxy) is 2. The fraction of sp³-hybridized carbons (Fsp3) is 0.178. The van der Waals surface area contributed by atoms with Crippen molar-refractivity contribution in [1.82, 2.24) is 9.88 Å². The number of nitrogens with zero attached hydrogens (tertiary/aromatic N) is 1. The Labute approximate surface area is 363 Å². The molecule has 3 aromatic heterocycles. The van der Waals surface area contributed by atoms with Crippen LogP contribution in [0.5, 0.6) is 11.5 Å². The smallest absolute Gasteiger partial charge is 0.387 e. The highest BCUT2D eigenvalue weighted by Gasteiger charge is 2.28. The van der Waals surface area contributed by atoms with E-state index in [0.29, 0.717) is 30.2 Å². The van der Waals surface area contributed by atoms with E-state index in [0.717, 1.165) is 39.2 Å². The molecule has 334 valence electrons. The normalized spacial score (nSPS) is 11.2. The van der Waals surface area contributed by atoms with Crippen LogP contribution in [0.2, 0.25) is 0 Å². The van der Waals surface area contributed by atoms with E-state index >= 15 is 0 Å². The number of halogens is 4. The zero-order chi connectivity index (χ0) is 46.1. The van der Waals surface area contributed by atoms with E-state index in [1.165, 1.54) is 50.2 Å². The van der Waals surface area contributed by atoms with E-state index in [9.17, 15) is 35.6 Å². The van der Waals surface area contributed by atoms with Crippen molar-refractivity contribution in [3.63, 3.8) is 0 Å². The van der Waals surface area contributed by atoms with Gasteiger partial charge in [0.15, 0.2) is 16.4 Å². The molecule has 0 aliphatic carbocycles. The fourth-order valence-corrected chi connectivity index (χ4v) is 7.59. The summed E-state index contributed by atoms with van der Waals surface area (Å²) in [6, 6.07) is 30.7. The number of carboxylic acids is 1. The Morgan fingerprint density at radius 2 is 1.02 bits per heavy atom. The molecule has 0 spiro atoms. The van der Waals surface area contributed by atoms with Crippen molar-refractivity contribution in [2.24, 2.45) is 0 Å². The highest BCUT2D eigenvalue weighted by atomic mass is 32.2. The van der Waals surface area contributed by atoms with Gasteiger partial charge in [-0.05, 0) is 111 Å². The quantitative estimate of drug-likeness (QED) is 0.0670. The minimum absolute atomic E-state index is 0.0714. The first-order valence-electron chi connectivity index (χ1n) is 19.2. The number of carbonyl (C=O) groups excluding carboxylic acids is 1. The molecule has 0 radical (unpaired) electrons. The fourth-order valence-electron chi connectivity index (χ4n) is 6.30. The summed E-state index contributed by atoms with van der Waals surface area (Å²) in [5.41, 5.74) is 6.74. The molecule has 0 aliphatic rings. The van der Waals surface area contributed by atoms with Crippen LogP contribution in [0.1, 0.15) is 55.2 Å². The Morgan fingerprint density at radius 3 is 1.38 bits per heavy atom. The lowest BCUT2D eigenvalue weighted by atomic mass is 10.1. The molecule has 19 heteroatoms. The van der Waals surface area contributed by atoms with Crippen LogP contribution < -0.4 is 24.8 Å². The molecule has 0 saturated heterocycles. The van der Waals surface area contributed by atoms with Gasteiger partial charge in [0.1, 0.15) is 28.7 Å². The van der Waals surface area contributed by atoms with E-state index in [1.807, 2.05) is 53.3 Å². The minimum atomic E-state index is -4.19. The second-order valence-electron chi connectivity index (χ2n) is 13.9. The zero-order valence-electron chi connectivity index (χ0n) is 34.4. The van der Waals surface area contributed by atoms with Gasteiger partial charge in [0, 0.05) is 35.6 Å². The van der Waals surface area contributed by atoms with Crippen molar-refractivity contribution in [2.45, 2.75) is 58.9 Å². The molecule has 7 rings (SSSR count). The number of carboxylic acid groups (broad SMARTS) is 1. The number of benzene rings is 4. The van der Waals surface area contributed by atoms with Gasteiger partial charge in [0.05, 0.1) is 0 Å². The van der Waals surface area contributed by atoms with Crippen molar-refractivity contribution in [3.8, 4) is 33.8 Å². The standard InChI is InChI=1S/C25H23F2N3O6S.C20H17F2NO4/c1-14-23(16(3)36-29-14)37(32,33)30-24(31)22-12-19(15(2)34-22)13-28-20-8-4-17(5-9-20)18-6-10-21(11-7-18)35-25(26)27;1-12-15(10-18(26-12)19(24)25)11-23-16-6-2-13(3-7-16)14-4-8-17(9-5-14)27-20(21)22/h4-12,25,28H,13H2,1-3H3,(H,30,31);2-10,20,23H,11H2,1H3,(H,24,25). The number of rotatable bonds is 16. The molecular weight excluding hydrogens is 865 g/mol. The summed E-state index contributed by atoms with van der Waals surface area (Å²) in [6.45, 7) is 1.32. The number of aromatic carboxylic acids is 1. The third-order valence-electron chi connectivity index (χ3n) is 9.50. The van der Waals surface area contributed by atoms with Crippen LogP contribution in [0.4, 0.5) is 28.9 Å². The molecule has 1 amide bonds. The van der Waals surface area contributed by atoms with Gasteiger partial charge in [-0.3, -0.25) is 4.79 Å². The van der Waals surface area contributed by atoms with Crippen LogP contribution in [0, 0.1) is 27.7 Å². The number of aryl methyl sites for hydroxylation is 4. The van der Waals surface area contributed by atoms with Crippen molar-refractivity contribution in [3.05, 3.63) is 155 Å². The molecule has 7 aromatic rings. The molecule has 0 fully saturated rings. The summed E-state index contributed by atoms with van der Waals surface area (Å²) in [7, 11) is -4.19. The van der Waals surface area contributed by atoms with E-state index < -0.39 is 35.1 Å². The maximum absolute atomic E-state index is 12.6. The molecule has 0 aliphatic heterocycles. The van der Waals surface area contributed by atoms with Gasteiger partial charge in [0.25, 0.3) is 10.0 Å². The van der Waals surface area contributed by atoms with Gasteiger partial charge in [-0.2, -0.15) is 17.6 Å². The number of hydrogen-bond acceptors (Lipinski definition) is 12. The number of sulfonamides is 1. The van der Waals surface area contributed by atoms with Crippen molar-refractivity contribution in [2.75, 3.05) is 10.6 Å². The molecule has 4 aromatic carbocycles. The van der Waals surface area contributed by atoms with Gasteiger partial charge in [0.2, 0.25) is 5.76 Å². The number of carbonyl (C=O) groups is 2. The van der Waals surface area contributed by atoms with E-state index in [-0.39, 0.29) is 39.4 Å². The van der Waals surface area contributed by atoms with Crippen LogP contribution in [0.15, 0.2) is 127 Å². The Kier molecular flexibility index (Phi) is 14.4. The second-order valence-corrected chi connectivity index (χ2v) is 15.6. The predicted octanol–water partition coefficient (Wildman–Crippen LogP) is 10.4. The van der Waals surface area contributed by atoms with Gasteiger partial charge in [-0.1, -0.05) is 53.7 Å². The van der Waals surface area contributed by atoms with Crippen molar-refractivity contribution in [1.29, 1.82) is 0 Å². The topological polar surface area (TPSA) is 195 Å². The van der Waals surface area contributed by atoms with Crippen LogP contribution >= 0.6 is 0 Å². The average molecular weight is 905 g/mol. The number of hydrogen-bond donors (Lipinski definition) is 4. The number of amides is 1. The van der Waals surface area contributed by atoms with Crippen molar-refractivity contribution < 1.29 is 63.5 Å². The summed E-state index contributed by atoms with van der Waals surface area (Å²) >= 11 is 0. The SMILES string of the molecule is Cc1noc(C)c1S(=O)(=O)NC(=O)c1cc(CNc2ccc(-c3ccc(OC(F)F)cc3)cc2)c(C)o1.Cc1oc(C(=O)O)cc1CNc1ccc(-c2ccc(OC(F)F)cc2)cc1. The molecule has 4 N–H and O–H groups in total.